The molecule has 0 saturated carbocycles. The van der Waals surface area contributed by atoms with E-state index in [0.29, 0.717) is 16.5 Å². The Balaban J connectivity index is 2.50. The summed E-state index contributed by atoms with van der Waals surface area (Å²) in [4.78, 5) is 8.59. The molecule has 0 spiro atoms. The van der Waals surface area contributed by atoms with Crippen molar-refractivity contribution in [3.8, 4) is 17.1 Å². The number of nitrogens with zero attached hydrogens (tertiary/aromatic N) is 2. The average molecular weight is 281 g/mol. The Kier molecular flexibility index (Phi) is 4.00. The highest BCUT2D eigenvalue weighted by atomic mass is 35.5. The van der Waals surface area contributed by atoms with Gasteiger partial charge < -0.3 is 4.74 Å². The van der Waals surface area contributed by atoms with Crippen LogP contribution < -0.4 is 4.74 Å². The maximum Gasteiger partial charge on any atom is 0.165 e. The van der Waals surface area contributed by atoms with Gasteiger partial charge in [0.1, 0.15) is 5.15 Å². The number of hydrogen-bond donors (Lipinski definition) is 0. The molecule has 0 aliphatic rings. The van der Waals surface area contributed by atoms with E-state index in [1.54, 1.807) is 12.1 Å². The molecule has 0 saturated heterocycles. The monoisotopic (exact) mass is 280 g/mol. The third-order valence-electron chi connectivity index (χ3n) is 2.93. The van der Waals surface area contributed by atoms with Gasteiger partial charge in [0.2, 0.25) is 0 Å². The van der Waals surface area contributed by atoms with Crippen LogP contribution in [0.2, 0.25) is 5.15 Å². The molecule has 19 heavy (non-hydrogen) atoms. The summed E-state index contributed by atoms with van der Waals surface area (Å²) in [6.45, 7) is 3.86. The summed E-state index contributed by atoms with van der Waals surface area (Å²) in [7, 11) is 1.42. The summed E-state index contributed by atoms with van der Waals surface area (Å²) in [6, 6.07) is 4.60. The number of benzene rings is 1. The van der Waals surface area contributed by atoms with E-state index in [9.17, 15) is 4.39 Å². The second kappa shape index (κ2) is 5.53. The zero-order valence-corrected chi connectivity index (χ0v) is 11.8. The van der Waals surface area contributed by atoms with Crippen LogP contribution in [0.4, 0.5) is 4.39 Å². The summed E-state index contributed by atoms with van der Waals surface area (Å²) < 4.78 is 18.5. The SMILES string of the molecule is CCc1c(C)nc(-c2ccc(OC)c(F)c2)nc1Cl. The first-order chi connectivity index (χ1) is 9.06. The minimum Gasteiger partial charge on any atom is -0.494 e. The summed E-state index contributed by atoms with van der Waals surface area (Å²) in [5.41, 5.74) is 2.30. The molecule has 0 bridgehead atoms. The molecule has 1 aromatic heterocycles. The number of ether oxygens (including phenoxy) is 1. The Morgan fingerprint density at radius 2 is 2.05 bits per heavy atom. The van der Waals surface area contributed by atoms with E-state index < -0.39 is 5.82 Å². The van der Waals surface area contributed by atoms with Gasteiger partial charge in [-0.05, 0) is 31.5 Å². The Hall–Kier alpha value is -1.68. The third kappa shape index (κ3) is 2.68. The first-order valence-corrected chi connectivity index (χ1v) is 6.31. The lowest BCUT2D eigenvalue weighted by atomic mass is 10.1. The van der Waals surface area contributed by atoms with Crippen LogP contribution in [-0.4, -0.2) is 17.1 Å². The molecule has 2 rings (SSSR count). The molecule has 100 valence electrons. The third-order valence-corrected chi connectivity index (χ3v) is 3.24. The number of halogens is 2. The summed E-state index contributed by atoms with van der Waals surface area (Å²) in [6.07, 6.45) is 0.766. The van der Waals surface area contributed by atoms with E-state index in [2.05, 4.69) is 9.97 Å². The van der Waals surface area contributed by atoms with E-state index in [1.807, 2.05) is 13.8 Å². The van der Waals surface area contributed by atoms with E-state index in [4.69, 9.17) is 16.3 Å². The maximum atomic E-state index is 13.7. The lowest BCUT2D eigenvalue weighted by molar-refractivity contribution is 0.386. The van der Waals surface area contributed by atoms with Crippen LogP contribution in [0.1, 0.15) is 18.2 Å². The molecule has 3 nitrogen and oxygen atoms in total. The van der Waals surface area contributed by atoms with E-state index >= 15 is 0 Å². The molecule has 1 heterocycles. The lowest BCUT2D eigenvalue weighted by Crippen LogP contribution is -1.99. The van der Waals surface area contributed by atoms with Gasteiger partial charge in [-0.2, -0.15) is 0 Å². The fraction of sp³-hybridized carbons (Fsp3) is 0.286. The molecule has 0 aliphatic heterocycles. The molecule has 0 radical (unpaired) electrons. The van der Waals surface area contributed by atoms with Crippen LogP contribution in [-0.2, 0) is 6.42 Å². The number of aromatic nitrogens is 2. The molecule has 0 aliphatic carbocycles. The molecule has 2 aromatic rings. The Morgan fingerprint density at radius 3 is 2.58 bits per heavy atom. The number of hydrogen-bond acceptors (Lipinski definition) is 3. The van der Waals surface area contributed by atoms with Crippen molar-refractivity contribution in [2.45, 2.75) is 20.3 Å². The van der Waals surface area contributed by atoms with Gasteiger partial charge in [0.15, 0.2) is 17.4 Å². The second-order valence-electron chi connectivity index (χ2n) is 4.10. The fourth-order valence-corrected chi connectivity index (χ4v) is 2.25. The zero-order chi connectivity index (χ0) is 14.0. The van der Waals surface area contributed by atoms with Gasteiger partial charge in [0.25, 0.3) is 0 Å². The standard InChI is InChI=1S/C14H14ClFN2O/c1-4-10-8(2)17-14(18-13(10)15)9-5-6-12(19-3)11(16)7-9/h5-7H,4H2,1-3H3. The topological polar surface area (TPSA) is 35.0 Å². The minimum absolute atomic E-state index is 0.191. The molecule has 1 aromatic carbocycles. The van der Waals surface area contributed by atoms with Gasteiger partial charge in [0, 0.05) is 16.8 Å². The molecule has 5 heteroatoms. The molecule has 0 N–H and O–H groups in total. The molecule has 0 fully saturated rings. The summed E-state index contributed by atoms with van der Waals surface area (Å²) >= 11 is 6.11. The Morgan fingerprint density at radius 1 is 1.32 bits per heavy atom. The maximum absolute atomic E-state index is 13.7. The molecular weight excluding hydrogens is 267 g/mol. The van der Waals surface area contributed by atoms with Crippen LogP contribution in [0.5, 0.6) is 5.75 Å². The van der Waals surface area contributed by atoms with Crippen molar-refractivity contribution >= 4 is 11.6 Å². The summed E-state index contributed by atoms with van der Waals surface area (Å²) in [5.74, 6) is 0.162. The van der Waals surface area contributed by atoms with E-state index in [1.165, 1.54) is 13.2 Å². The van der Waals surface area contributed by atoms with Crippen molar-refractivity contribution in [1.82, 2.24) is 9.97 Å². The number of methoxy groups -OCH3 is 1. The van der Waals surface area contributed by atoms with Crippen LogP contribution in [0, 0.1) is 12.7 Å². The van der Waals surface area contributed by atoms with Gasteiger partial charge >= 0.3 is 0 Å². The van der Waals surface area contributed by atoms with Gasteiger partial charge in [-0.15, -0.1) is 0 Å². The number of rotatable bonds is 3. The van der Waals surface area contributed by atoms with Crippen LogP contribution in [0.15, 0.2) is 18.2 Å². The highest BCUT2D eigenvalue weighted by molar-refractivity contribution is 6.30. The van der Waals surface area contributed by atoms with Gasteiger partial charge in [-0.25, -0.2) is 14.4 Å². The largest absolute Gasteiger partial charge is 0.494 e. The molecule has 0 atom stereocenters. The zero-order valence-electron chi connectivity index (χ0n) is 11.0. The number of aryl methyl sites for hydroxylation is 1. The van der Waals surface area contributed by atoms with Crippen molar-refractivity contribution in [1.29, 1.82) is 0 Å². The highest BCUT2D eigenvalue weighted by Crippen LogP contribution is 2.26. The van der Waals surface area contributed by atoms with Crippen LogP contribution in [0.3, 0.4) is 0 Å². The quantitative estimate of drug-likeness (QED) is 0.802. The predicted molar refractivity (Wildman–Crippen MR) is 73.1 cm³/mol. The minimum atomic E-state index is -0.447. The second-order valence-corrected chi connectivity index (χ2v) is 4.46. The first-order valence-electron chi connectivity index (χ1n) is 5.93. The van der Waals surface area contributed by atoms with Gasteiger partial charge in [0.05, 0.1) is 7.11 Å². The van der Waals surface area contributed by atoms with Gasteiger partial charge in [-0.3, -0.25) is 0 Å². The van der Waals surface area contributed by atoms with Crippen molar-refractivity contribution in [2.75, 3.05) is 7.11 Å². The van der Waals surface area contributed by atoms with Crippen molar-refractivity contribution in [2.24, 2.45) is 0 Å². The average Bonchev–Trinajstić information content (AvgIpc) is 2.38. The molecule has 0 amide bonds. The van der Waals surface area contributed by atoms with Crippen molar-refractivity contribution in [3.63, 3.8) is 0 Å². The predicted octanol–water partition coefficient (Wildman–Crippen LogP) is 3.82. The fourth-order valence-electron chi connectivity index (χ4n) is 1.90. The first kappa shape index (κ1) is 13.7. The highest BCUT2D eigenvalue weighted by Gasteiger charge is 2.12. The Bertz CT molecular complexity index is 593. The molecule has 0 unspecified atom stereocenters. The van der Waals surface area contributed by atoms with Gasteiger partial charge in [-0.1, -0.05) is 18.5 Å². The van der Waals surface area contributed by atoms with Crippen molar-refractivity contribution in [3.05, 3.63) is 40.4 Å². The van der Waals surface area contributed by atoms with Crippen molar-refractivity contribution < 1.29 is 9.13 Å². The van der Waals surface area contributed by atoms with E-state index in [-0.39, 0.29) is 5.75 Å². The normalized spacial score (nSPS) is 10.6. The Labute approximate surface area is 116 Å². The lowest BCUT2D eigenvalue weighted by Gasteiger charge is -2.09. The van der Waals surface area contributed by atoms with E-state index in [0.717, 1.165) is 17.7 Å². The smallest absolute Gasteiger partial charge is 0.165 e. The summed E-state index contributed by atoms with van der Waals surface area (Å²) in [5, 5.41) is 0.418. The van der Waals surface area contributed by atoms with Crippen LogP contribution in [0.25, 0.3) is 11.4 Å². The molecular formula is C14H14ClFN2O. The van der Waals surface area contributed by atoms with Crippen LogP contribution >= 0.6 is 11.6 Å².